The Labute approximate surface area is 92.6 Å². The number of hydrogen-bond donors (Lipinski definition) is 1. The molecule has 0 aromatic rings. The highest BCUT2D eigenvalue weighted by Gasteiger charge is 2.29. The topological polar surface area (TPSA) is 35.6 Å². The number of amides is 1. The van der Waals surface area contributed by atoms with E-state index in [0.29, 0.717) is 18.5 Å². The summed E-state index contributed by atoms with van der Waals surface area (Å²) in [5.74, 6) is 0.865. The van der Waals surface area contributed by atoms with E-state index >= 15 is 0 Å². The minimum atomic E-state index is 0.180. The monoisotopic (exact) mass is 213 g/mol. The molecule has 1 amide bonds. The van der Waals surface area contributed by atoms with Gasteiger partial charge in [0, 0.05) is 26.7 Å². The van der Waals surface area contributed by atoms with Crippen LogP contribution >= 0.6 is 0 Å². The second-order valence-electron chi connectivity index (χ2n) is 4.60. The van der Waals surface area contributed by atoms with Crippen LogP contribution in [0.2, 0.25) is 0 Å². The first-order chi connectivity index (χ1) is 7.06. The first-order valence-corrected chi connectivity index (χ1v) is 5.67. The molecule has 0 aromatic carbocycles. The Morgan fingerprint density at radius 1 is 1.33 bits per heavy atom. The number of carbonyl (C=O) groups is 1. The van der Waals surface area contributed by atoms with E-state index in [4.69, 9.17) is 0 Å². The Hall–Kier alpha value is -0.610. The van der Waals surface area contributed by atoms with Crippen LogP contribution in [-0.4, -0.2) is 62.5 Å². The molecule has 88 valence electrons. The predicted molar refractivity (Wildman–Crippen MR) is 61.8 cm³/mol. The van der Waals surface area contributed by atoms with Gasteiger partial charge in [-0.3, -0.25) is 9.69 Å². The second-order valence-corrected chi connectivity index (χ2v) is 4.60. The minimum absolute atomic E-state index is 0.180. The summed E-state index contributed by atoms with van der Waals surface area (Å²) in [5, 5.41) is 3.39. The molecule has 4 nitrogen and oxygen atoms in total. The van der Waals surface area contributed by atoms with Gasteiger partial charge in [0.1, 0.15) is 0 Å². The van der Waals surface area contributed by atoms with Gasteiger partial charge in [-0.1, -0.05) is 13.3 Å². The number of nitrogens with zero attached hydrogens (tertiary/aromatic N) is 2. The van der Waals surface area contributed by atoms with E-state index in [9.17, 15) is 4.79 Å². The van der Waals surface area contributed by atoms with E-state index in [1.54, 1.807) is 19.0 Å². The Morgan fingerprint density at radius 2 is 2.00 bits per heavy atom. The van der Waals surface area contributed by atoms with E-state index in [1.807, 2.05) is 7.05 Å². The minimum Gasteiger partial charge on any atom is -0.348 e. The van der Waals surface area contributed by atoms with E-state index in [0.717, 1.165) is 13.1 Å². The Balaban J connectivity index is 2.45. The van der Waals surface area contributed by atoms with Crippen molar-refractivity contribution in [2.45, 2.75) is 19.4 Å². The fourth-order valence-electron chi connectivity index (χ4n) is 2.12. The molecule has 0 aromatic heterocycles. The van der Waals surface area contributed by atoms with Gasteiger partial charge in [-0.25, -0.2) is 0 Å². The summed E-state index contributed by atoms with van der Waals surface area (Å²) < 4.78 is 0. The highest BCUT2D eigenvalue weighted by atomic mass is 16.2. The van der Waals surface area contributed by atoms with Crippen molar-refractivity contribution >= 4 is 5.91 Å². The Morgan fingerprint density at radius 3 is 2.53 bits per heavy atom. The van der Waals surface area contributed by atoms with Crippen molar-refractivity contribution in [3.05, 3.63) is 0 Å². The zero-order chi connectivity index (χ0) is 11.4. The largest absolute Gasteiger partial charge is 0.348 e. The summed E-state index contributed by atoms with van der Waals surface area (Å²) in [6, 6.07) is 0.513. The van der Waals surface area contributed by atoms with Gasteiger partial charge in [-0.2, -0.15) is 0 Å². The highest BCUT2D eigenvalue weighted by Crippen LogP contribution is 2.17. The lowest BCUT2D eigenvalue weighted by Crippen LogP contribution is -2.43. The van der Waals surface area contributed by atoms with Crippen molar-refractivity contribution in [2.75, 3.05) is 40.8 Å². The number of carbonyl (C=O) groups excluding carboxylic acids is 1. The van der Waals surface area contributed by atoms with Crippen molar-refractivity contribution in [3.63, 3.8) is 0 Å². The molecule has 0 spiro atoms. The first kappa shape index (κ1) is 12.5. The van der Waals surface area contributed by atoms with Crippen LogP contribution in [0.1, 0.15) is 13.3 Å². The van der Waals surface area contributed by atoms with Gasteiger partial charge < -0.3 is 10.2 Å². The lowest BCUT2D eigenvalue weighted by atomic mass is 10.00. The van der Waals surface area contributed by atoms with E-state index in [2.05, 4.69) is 17.1 Å². The molecule has 1 aliphatic heterocycles. The molecule has 0 bridgehead atoms. The van der Waals surface area contributed by atoms with Crippen molar-refractivity contribution in [3.8, 4) is 0 Å². The third-order valence-corrected chi connectivity index (χ3v) is 3.28. The average molecular weight is 213 g/mol. The lowest BCUT2D eigenvalue weighted by molar-refractivity contribution is -0.130. The van der Waals surface area contributed by atoms with Crippen LogP contribution in [0, 0.1) is 5.92 Å². The molecular weight excluding hydrogens is 190 g/mol. The number of nitrogens with one attached hydrogen (secondary N) is 1. The standard InChI is InChI=1S/C11H23N3O/c1-5-9-6-12-7-10(9)14(4)8-11(15)13(2)3/h9-10,12H,5-8H2,1-4H3. The zero-order valence-corrected chi connectivity index (χ0v) is 10.3. The molecule has 1 N–H and O–H groups in total. The molecule has 2 atom stereocenters. The quantitative estimate of drug-likeness (QED) is 0.714. The molecule has 1 saturated heterocycles. The van der Waals surface area contributed by atoms with Crippen LogP contribution in [0.25, 0.3) is 0 Å². The van der Waals surface area contributed by atoms with Gasteiger partial charge in [0.25, 0.3) is 0 Å². The maximum Gasteiger partial charge on any atom is 0.236 e. The first-order valence-electron chi connectivity index (χ1n) is 5.67. The summed E-state index contributed by atoms with van der Waals surface area (Å²) >= 11 is 0. The van der Waals surface area contributed by atoms with Crippen LogP contribution in [0.4, 0.5) is 0 Å². The summed E-state index contributed by atoms with van der Waals surface area (Å²) in [5.41, 5.74) is 0. The maximum atomic E-state index is 11.6. The van der Waals surface area contributed by atoms with Gasteiger partial charge in [-0.15, -0.1) is 0 Å². The summed E-state index contributed by atoms with van der Waals surface area (Å²) in [6.45, 7) is 4.83. The van der Waals surface area contributed by atoms with Crippen LogP contribution in [0.5, 0.6) is 0 Å². The zero-order valence-electron chi connectivity index (χ0n) is 10.3. The lowest BCUT2D eigenvalue weighted by Gasteiger charge is -2.28. The maximum absolute atomic E-state index is 11.6. The van der Waals surface area contributed by atoms with Gasteiger partial charge >= 0.3 is 0 Å². The highest BCUT2D eigenvalue weighted by molar-refractivity contribution is 5.77. The molecule has 1 rings (SSSR count). The van der Waals surface area contributed by atoms with E-state index in [1.165, 1.54) is 6.42 Å². The number of hydrogen-bond acceptors (Lipinski definition) is 3. The van der Waals surface area contributed by atoms with Crippen molar-refractivity contribution < 1.29 is 4.79 Å². The third-order valence-electron chi connectivity index (χ3n) is 3.28. The molecule has 4 heteroatoms. The fraction of sp³-hybridized carbons (Fsp3) is 0.909. The molecule has 0 radical (unpaired) electrons. The molecule has 1 heterocycles. The molecular formula is C11H23N3O. The van der Waals surface area contributed by atoms with Crippen LogP contribution in [0.3, 0.4) is 0 Å². The number of likely N-dealkylation sites (N-methyl/N-ethyl adjacent to an activating group) is 2. The molecule has 0 saturated carbocycles. The van der Waals surface area contributed by atoms with Gasteiger partial charge in [0.15, 0.2) is 0 Å². The van der Waals surface area contributed by atoms with Crippen LogP contribution in [0.15, 0.2) is 0 Å². The Kier molecular flexibility index (Phi) is 4.54. The molecule has 15 heavy (non-hydrogen) atoms. The smallest absolute Gasteiger partial charge is 0.236 e. The van der Waals surface area contributed by atoms with E-state index < -0.39 is 0 Å². The van der Waals surface area contributed by atoms with Gasteiger partial charge in [-0.05, 0) is 19.5 Å². The van der Waals surface area contributed by atoms with Crippen LogP contribution < -0.4 is 5.32 Å². The molecule has 1 aliphatic rings. The second kappa shape index (κ2) is 5.47. The van der Waals surface area contributed by atoms with Gasteiger partial charge in [0.05, 0.1) is 6.54 Å². The van der Waals surface area contributed by atoms with Crippen molar-refractivity contribution in [1.29, 1.82) is 0 Å². The summed E-state index contributed by atoms with van der Waals surface area (Å²) in [6.07, 6.45) is 1.18. The molecule has 0 aliphatic carbocycles. The SMILES string of the molecule is CCC1CNCC1N(C)CC(=O)N(C)C. The summed E-state index contributed by atoms with van der Waals surface area (Å²) in [7, 11) is 5.66. The average Bonchev–Trinajstić information content (AvgIpc) is 2.64. The van der Waals surface area contributed by atoms with Gasteiger partial charge in [0.2, 0.25) is 5.91 Å². The third kappa shape index (κ3) is 3.18. The van der Waals surface area contributed by atoms with Crippen LogP contribution in [-0.2, 0) is 4.79 Å². The van der Waals surface area contributed by atoms with Crippen molar-refractivity contribution in [2.24, 2.45) is 5.92 Å². The van der Waals surface area contributed by atoms with Crippen molar-refractivity contribution in [1.82, 2.24) is 15.1 Å². The molecule has 2 unspecified atom stereocenters. The predicted octanol–water partition coefficient (Wildman–Crippen LogP) is 0.00440. The summed E-state index contributed by atoms with van der Waals surface area (Å²) in [4.78, 5) is 15.4. The Bertz CT molecular complexity index is 218. The molecule has 1 fully saturated rings. The number of rotatable bonds is 4. The van der Waals surface area contributed by atoms with E-state index in [-0.39, 0.29) is 5.91 Å². The normalized spacial score (nSPS) is 25.9. The fourth-order valence-corrected chi connectivity index (χ4v) is 2.12.